The van der Waals surface area contributed by atoms with Crippen molar-refractivity contribution in [2.24, 2.45) is 5.92 Å². The van der Waals surface area contributed by atoms with Gasteiger partial charge in [-0.3, -0.25) is 9.69 Å². The van der Waals surface area contributed by atoms with E-state index in [1.165, 1.54) is 23.3 Å². The second-order valence-corrected chi connectivity index (χ2v) is 9.42. The van der Waals surface area contributed by atoms with Crippen molar-refractivity contribution >= 4 is 5.91 Å². The number of carbonyl (C=O) groups excluding carboxylic acids is 1. The molecule has 3 aliphatic heterocycles. The molecule has 4 atom stereocenters. The molecule has 0 aromatic heterocycles. The minimum atomic E-state index is -1.07. The van der Waals surface area contributed by atoms with E-state index in [1.54, 1.807) is 12.1 Å². The number of hydrogen-bond acceptors (Lipinski definition) is 4. The smallest absolute Gasteiger partial charge is 0.225 e. The van der Waals surface area contributed by atoms with Gasteiger partial charge in [-0.2, -0.15) is 0 Å². The lowest BCUT2D eigenvalue weighted by Gasteiger charge is -2.42. The number of ether oxygens (including phenoxy) is 2. The van der Waals surface area contributed by atoms with Gasteiger partial charge in [0.15, 0.2) is 0 Å². The van der Waals surface area contributed by atoms with Crippen LogP contribution in [0.25, 0.3) is 0 Å². The van der Waals surface area contributed by atoms with Crippen molar-refractivity contribution in [3.8, 4) is 0 Å². The molecule has 0 unspecified atom stereocenters. The van der Waals surface area contributed by atoms with Gasteiger partial charge in [0.05, 0.1) is 25.7 Å². The van der Waals surface area contributed by atoms with Crippen LogP contribution in [0.15, 0.2) is 48.5 Å². The fourth-order valence-electron chi connectivity index (χ4n) is 5.83. The molecule has 1 amide bonds. The highest BCUT2D eigenvalue weighted by molar-refractivity contribution is 5.81. The average molecular weight is 439 g/mol. The zero-order chi connectivity index (χ0) is 22.3. The Kier molecular flexibility index (Phi) is 5.78. The first-order valence-electron chi connectivity index (χ1n) is 11.6. The first-order chi connectivity index (χ1) is 15.5. The van der Waals surface area contributed by atoms with Crippen LogP contribution in [-0.2, 0) is 20.1 Å². The molecule has 3 aliphatic rings. The van der Waals surface area contributed by atoms with Gasteiger partial charge >= 0.3 is 0 Å². The molecule has 0 spiro atoms. The van der Waals surface area contributed by atoms with Gasteiger partial charge in [0, 0.05) is 17.6 Å². The Labute approximate surface area is 188 Å². The number of fused-ring (bicyclic) bond motifs is 2. The number of amides is 1. The second kappa shape index (κ2) is 8.58. The Morgan fingerprint density at radius 3 is 2.47 bits per heavy atom. The lowest BCUT2D eigenvalue weighted by Crippen LogP contribution is -2.53. The third-order valence-corrected chi connectivity index (χ3v) is 7.61. The van der Waals surface area contributed by atoms with E-state index < -0.39 is 5.79 Å². The summed E-state index contributed by atoms with van der Waals surface area (Å²) in [6.07, 6.45) is 3.17. The van der Waals surface area contributed by atoms with Crippen LogP contribution in [0.1, 0.15) is 41.9 Å². The van der Waals surface area contributed by atoms with Gasteiger partial charge in [0.2, 0.25) is 11.7 Å². The van der Waals surface area contributed by atoms with Crippen LogP contribution >= 0.6 is 0 Å². The van der Waals surface area contributed by atoms with E-state index in [9.17, 15) is 9.18 Å². The Bertz CT molecular complexity index is 956. The molecular formula is C26H31FN2O3. The Balaban J connectivity index is 1.38. The number of nitrogens with one attached hydrogen (secondary N) is 1. The molecule has 2 aromatic carbocycles. The SMILES string of the molecule is Cc1ccc([C@H]2C[C@@H]3CC[C@H]([C@H]2C(=O)NCC2(c4ccc(F)cc4)OCCO2)N3C)cc1. The number of carbonyl (C=O) groups is 1. The van der Waals surface area contributed by atoms with Crippen molar-refractivity contribution in [2.45, 2.75) is 50.0 Å². The summed E-state index contributed by atoms with van der Waals surface area (Å²) in [6, 6.07) is 15.5. The van der Waals surface area contributed by atoms with E-state index in [0.717, 1.165) is 19.3 Å². The Morgan fingerprint density at radius 2 is 1.78 bits per heavy atom. The van der Waals surface area contributed by atoms with E-state index >= 15 is 0 Å². The fourth-order valence-corrected chi connectivity index (χ4v) is 5.83. The maximum absolute atomic E-state index is 13.7. The van der Waals surface area contributed by atoms with Gasteiger partial charge in [0.1, 0.15) is 5.82 Å². The molecule has 5 rings (SSSR count). The molecule has 170 valence electrons. The molecule has 6 heteroatoms. The topological polar surface area (TPSA) is 50.8 Å². The second-order valence-electron chi connectivity index (χ2n) is 9.42. The summed E-state index contributed by atoms with van der Waals surface area (Å²) in [4.78, 5) is 16.1. The number of aryl methyl sites for hydroxylation is 1. The van der Waals surface area contributed by atoms with Crippen molar-refractivity contribution in [1.82, 2.24) is 10.2 Å². The van der Waals surface area contributed by atoms with Crippen LogP contribution in [0, 0.1) is 18.7 Å². The number of hydrogen-bond donors (Lipinski definition) is 1. The van der Waals surface area contributed by atoms with Crippen LogP contribution in [0.3, 0.4) is 0 Å². The van der Waals surface area contributed by atoms with E-state index in [1.807, 2.05) is 0 Å². The van der Waals surface area contributed by atoms with Crippen molar-refractivity contribution in [1.29, 1.82) is 0 Å². The molecule has 0 saturated carbocycles. The summed E-state index contributed by atoms with van der Waals surface area (Å²) in [5, 5.41) is 3.15. The third-order valence-electron chi connectivity index (χ3n) is 7.61. The summed E-state index contributed by atoms with van der Waals surface area (Å²) in [5.41, 5.74) is 3.18. The van der Waals surface area contributed by atoms with Gasteiger partial charge in [-0.15, -0.1) is 0 Å². The molecule has 3 heterocycles. The number of benzene rings is 2. The third kappa shape index (κ3) is 3.85. The van der Waals surface area contributed by atoms with Crippen LogP contribution in [0.5, 0.6) is 0 Å². The van der Waals surface area contributed by atoms with Crippen LogP contribution in [0.2, 0.25) is 0 Å². The lowest BCUT2D eigenvalue weighted by molar-refractivity contribution is -0.166. The molecule has 2 bridgehead atoms. The molecule has 1 N–H and O–H groups in total. The highest BCUT2D eigenvalue weighted by Crippen LogP contribution is 2.46. The molecule has 3 saturated heterocycles. The van der Waals surface area contributed by atoms with Gasteiger partial charge in [-0.1, -0.05) is 42.0 Å². The maximum atomic E-state index is 13.7. The highest BCUT2D eigenvalue weighted by Gasteiger charge is 2.49. The minimum absolute atomic E-state index is 0.0355. The van der Waals surface area contributed by atoms with Crippen LogP contribution < -0.4 is 5.32 Å². The Hall–Kier alpha value is -2.28. The molecule has 5 nitrogen and oxygen atoms in total. The summed E-state index contributed by atoms with van der Waals surface area (Å²) in [5.74, 6) is -1.28. The molecule has 2 aromatic rings. The highest BCUT2D eigenvalue weighted by atomic mass is 19.1. The van der Waals surface area contributed by atoms with Gasteiger partial charge in [-0.05, 0) is 56.8 Å². The zero-order valence-electron chi connectivity index (χ0n) is 18.7. The van der Waals surface area contributed by atoms with E-state index in [4.69, 9.17) is 9.47 Å². The van der Waals surface area contributed by atoms with Crippen molar-refractivity contribution in [3.63, 3.8) is 0 Å². The molecule has 0 aliphatic carbocycles. The number of halogens is 1. The average Bonchev–Trinajstić information content (AvgIpc) is 3.35. The largest absolute Gasteiger partial charge is 0.350 e. The normalized spacial score (nSPS) is 29.2. The van der Waals surface area contributed by atoms with E-state index in [0.29, 0.717) is 24.8 Å². The quantitative estimate of drug-likeness (QED) is 0.773. The predicted octanol–water partition coefficient (Wildman–Crippen LogP) is 3.72. The first-order valence-corrected chi connectivity index (χ1v) is 11.6. The van der Waals surface area contributed by atoms with Crippen molar-refractivity contribution in [2.75, 3.05) is 26.8 Å². The molecular weight excluding hydrogens is 407 g/mol. The zero-order valence-corrected chi connectivity index (χ0v) is 18.7. The number of rotatable bonds is 5. The van der Waals surface area contributed by atoms with Gasteiger partial charge < -0.3 is 14.8 Å². The summed E-state index contributed by atoms with van der Waals surface area (Å²) < 4.78 is 25.3. The predicted molar refractivity (Wildman–Crippen MR) is 120 cm³/mol. The Morgan fingerprint density at radius 1 is 1.09 bits per heavy atom. The van der Waals surface area contributed by atoms with Crippen LogP contribution in [-0.4, -0.2) is 49.7 Å². The lowest BCUT2D eigenvalue weighted by atomic mass is 9.75. The van der Waals surface area contributed by atoms with Gasteiger partial charge in [-0.25, -0.2) is 4.39 Å². The minimum Gasteiger partial charge on any atom is -0.350 e. The molecule has 32 heavy (non-hydrogen) atoms. The van der Waals surface area contributed by atoms with Crippen LogP contribution in [0.4, 0.5) is 4.39 Å². The number of nitrogens with zero attached hydrogens (tertiary/aromatic N) is 1. The van der Waals surface area contributed by atoms with E-state index in [-0.39, 0.29) is 36.1 Å². The summed E-state index contributed by atoms with van der Waals surface area (Å²) in [6.45, 7) is 3.17. The van der Waals surface area contributed by atoms with E-state index in [2.05, 4.69) is 48.5 Å². The number of piperidine rings is 1. The molecule has 0 radical (unpaired) electrons. The van der Waals surface area contributed by atoms with Crippen molar-refractivity contribution < 1.29 is 18.7 Å². The van der Waals surface area contributed by atoms with Crippen molar-refractivity contribution in [3.05, 3.63) is 71.0 Å². The maximum Gasteiger partial charge on any atom is 0.225 e. The first kappa shape index (κ1) is 21.6. The summed E-state index contributed by atoms with van der Waals surface area (Å²) in [7, 11) is 2.15. The summed E-state index contributed by atoms with van der Waals surface area (Å²) >= 11 is 0. The molecule has 3 fully saturated rings. The monoisotopic (exact) mass is 438 g/mol. The fraction of sp³-hybridized carbons (Fsp3) is 0.500. The standard InChI is InChI=1S/C26H31FN2O3/c1-17-3-5-18(6-4-17)22-15-21-11-12-23(29(21)2)24(22)25(30)28-16-26(31-13-14-32-26)19-7-9-20(27)10-8-19/h3-10,21-24H,11-16H2,1-2H3,(H,28,30)/t21-,22+,23+,24-/m0/s1. The van der Waals surface area contributed by atoms with Gasteiger partial charge in [0.25, 0.3) is 0 Å².